The molecule has 0 aliphatic carbocycles. The highest BCUT2D eigenvalue weighted by Crippen LogP contribution is 2.26. The van der Waals surface area contributed by atoms with E-state index in [1.54, 1.807) is 24.0 Å². The molecule has 172 valence electrons. The van der Waals surface area contributed by atoms with E-state index in [0.717, 1.165) is 25.7 Å². The lowest BCUT2D eigenvalue weighted by atomic mass is 9.98. The summed E-state index contributed by atoms with van der Waals surface area (Å²) >= 11 is 0. The summed E-state index contributed by atoms with van der Waals surface area (Å²) in [4.78, 5) is 27.2. The number of carbonyl (C=O) groups is 2. The Morgan fingerprint density at radius 2 is 1.55 bits per heavy atom. The van der Waals surface area contributed by atoms with Crippen LogP contribution in [0.15, 0.2) is 29.2 Å². The van der Waals surface area contributed by atoms with Crippen LogP contribution >= 0.6 is 0 Å². The number of carbonyl (C=O) groups excluding carboxylic acids is 2. The van der Waals surface area contributed by atoms with Gasteiger partial charge in [-0.2, -0.15) is 4.31 Å². The minimum atomic E-state index is -3.63. The van der Waals surface area contributed by atoms with E-state index in [2.05, 4.69) is 0 Å². The average Bonchev–Trinajstić information content (AvgIpc) is 3.08. The van der Waals surface area contributed by atoms with Gasteiger partial charge in [-0.15, -0.1) is 0 Å². The van der Waals surface area contributed by atoms with Gasteiger partial charge in [0.25, 0.3) is 5.91 Å². The summed E-state index contributed by atoms with van der Waals surface area (Å²) in [6, 6.07) is 6.26. The molecule has 31 heavy (non-hydrogen) atoms. The van der Waals surface area contributed by atoms with Gasteiger partial charge in [-0.1, -0.05) is 12.8 Å². The topological polar surface area (TPSA) is 93.2 Å². The van der Waals surface area contributed by atoms with Gasteiger partial charge < -0.3 is 14.4 Å². The third-order valence-corrected chi connectivity index (χ3v) is 7.96. The van der Waals surface area contributed by atoms with E-state index >= 15 is 0 Å². The summed E-state index contributed by atoms with van der Waals surface area (Å²) < 4.78 is 37.6. The molecule has 1 aromatic carbocycles. The molecule has 0 aromatic heterocycles. The van der Waals surface area contributed by atoms with E-state index < -0.39 is 28.0 Å². The predicted octanol–water partition coefficient (Wildman–Crippen LogP) is 2.43. The Bertz CT molecular complexity index is 854. The second kappa shape index (κ2) is 10.5. The van der Waals surface area contributed by atoms with Crippen molar-refractivity contribution >= 4 is 21.9 Å². The minimum absolute atomic E-state index is 0.144. The SMILES string of the molecule is COc1ccc(S(=O)(=O)N2CCC(C(=O)O[C@@H](C)C(=O)N3CCCCCC3)CC2)cc1. The third-order valence-electron chi connectivity index (χ3n) is 6.04. The number of benzene rings is 1. The molecule has 2 aliphatic rings. The lowest BCUT2D eigenvalue weighted by Crippen LogP contribution is -2.43. The van der Waals surface area contributed by atoms with Crippen molar-refractivity contribution in [1.29, 1.82) is 0 Å². The number of hydrogen-bond donors (Lipinski definition) is 0. The molecule has 0 spiro atoms. The van der Waals surface area contributed by atoms with Gasteiger partial charge in [-0.25, -0.2) is 8.42 Å². The first-order valence-corrected chi connectivity index (χ1v) is 12.4. The fourth-order valence-corrected chi connectivity index (χ4v) is 5.57. The molecule has 2 aliphatic heterocycles. The van der Waals surface area contributed by atoms with Gasteiger partial charge in [-0.3, -0.25) is 9.59 Å². The van der Waals surface area contributed by atoms with E-state index in [9.17, 15) is 18.0 Å². The molecule has 9 heteroatoms. The first-order chi connectivity index (χ1) is 14.8. The molecular formula is C22H32N2O6S. The van der Waals surface area contributed by atoms with Crippen molar-refractivity contribution in [3.63, 3.8) is 0 Å². The molecule has 2 fully saturated rings. The molecule has 8 nitrogen and oxygen atoms in total. The van der Waals surface area contributed by atoms with Crippen LogP contribution < -0.4 is 4.74 Å². The number of hydrogen-bond acceptors (Lipinski definition) is 6. The Kier molecular flexibility index (Phi) is 7.94. The number of piperidine rings is 1. The lowest BCUT2D eigenvalue weighted by Gasteiger charge is -2.31. The second-order valence-electron chi connectivity index (χ2n) is 8.17. The first kappa shape index (κ1) is 23.5. The summed E-state index contributed by atoms with van der Waals surface area (Å²) in [6.45, 7) is 3.52. The van der Waals surface area contributed by atoms with Crippen LogP contribution in [0.3, 0.4) is 0 Å². The van der Waals surface area contributed by atoms with Crippen molar-refractivity contribution < 1.29 is 27.5 Å². The summed E-state index contributed by atoms with van der Waals surface area (Å²) in [6.07, 6.45) is 4.14. The molecule has 3 rings (SSSR count). The van der Waals surface area contributed by atoms with Crippen molar-refractivity contribution in [2.75, 3.05) is 33.3 Å². The number of nitrogens with zero attached hydrogens (tertiary/aromatic N) is 2. The Morgan fingerprint density at radius 1 is 0.968 bits per heavy atom. The molecule has 0 radical (unpaired) electrons. The van der Waals surface area contributed by atoms with Crippen LogP contribution in [-0.2, 0) is 24.3 Å². The van der Waals surface area contributed by atoms with Crippen LogP contribution in [0.5, 0.6) is 5.75 Å². The van der Waals surface area contributed by atoms with E-state index in [-0.39, 0.29) is 23.9 Å². The van der Waals surface area contributed by atoms with Gasteiger partial charge in [0.1, 0.15) is 5.75 Å². The quantitative estimate of drug-likeness (QED) is 0.616. The summed E-state index contributed by atoms with van der Waals surface area (Å²) in [5.74, 6) is -0.377. The summed E-state index contributed by atoms with van der Waals surface area (Å²) in [5, 5.41) is 0. The molecule has 1 atom stereocenters. The molecule has 0 N–H and O–H groups in total. The lowest BCUT2D eigenvalue weighted by molar-refractivity contribution is -0.163. The van der Waals surface area contributed by atoms with Crippen LogP contribution in [0.4, 0.5) is 0 Å². The monoisotopic (exact) mass is 452 g/mol. The Balaban J connectivity index is 1.52. The fraction of sp³-hybridized carbons (Fsp3) is 0.636. The summed E-state index contributed by atoms with van der Waals surface area (Å²) in [5.41, 5.74) is 0. The van der Waals surface area contributed by atoms with E-state index in [4.69, 9.17) is 9.47 Å². The summed E-state index contributed by atoms with van der Waals surface area (Å²) in [7, 11) is -2.10. The van der Waals surface area contributed by atoms with E-state index in [0.29, 0.717) is 31.7 Å². The van der Waals surface area contributed by atoms with Gasteiger partial charge in [0.15, 0.2) is 6.10 Å². The van der Waals surface area contributed by atoms with Crippen molar-refractivity contribution in [3.8, 4) is 5.75 Å². The number of likely N-dealkylation sites (tertiary alicyclic amines) is 1. The maximum absolute atomic E-state index is 12.9. The number of methoxy groups -OCH3 is 1. The predicted molar refractivity (Wildman–Crippen MR) is 115 cm³/mol. The highest BCUT2D eigenvalue weighted by Gasteiger charge is 2.34. The second-order valence-corrected chi connectivity index (χ2v) is 10.1. The third kappa shape index (κ3) is 5.77. The van der Waals surface area contributed by atoms with Gasteiger partial charge in [-0.05, 0) is 56.9 Å². The van der Waals surface area contributed by atoms with E-state index in [1.807, 2.05) is 0 Å². The molecule has 0 unspecified atom stereocenters. The Labute approximate surface area is 184 Å². The van der Waals surface area contributed by atoms with Crippen LogP contribution in [0.25, 0.3) is 0 Å². The Morgan fingerprint density at radius 3 is 2.10 bits per heavy atom. The maximum Gasteiger partial charge on any atom is 0.309 e. The van der Waals surface area contributed by atoms with Crippen LogP contribution in [0.1, 0.15) is 45.4 Å². The standard InChI is InChI=1S/C22H32N2O6S/c1-17(21(25)23-13-5-3-4-6-14-23)30-22(26)18-11-15-24(16-12-18)31(27,28)20-9-7-19(29-2)8-10-20/h7-10,17-18H,3-6,11-16H2,1-2H3/t17-/m0/s1. The van der Waals surface area contributed by atoms with Crippen molar-refractivity contribution in [2.24, 2.45) is 5.92 Å². The van der Waals surface area contributed by atoms with Crippen molar-refractivity contribution in [2.45, 2.75) is 56.4 Å². The zero-order chi connectivity index (χ0) is 22.4. The molecule has 1 amide bonds. The largest absolute Gasteiger partial charge is 0.497 e. The van der Waals surface area contributed by atoms with Crippen LogP contribution in [0, 0.1) is 5.92 Å². The molecule has 0 saturated carbocycles. The number of amides is 1. The maximum atomic E-state index is 12.9. The van der Waals surface area contributed by atoms with E-state index in [1.165, 1.54) is 23.5 Å². The highest BCUT2D eigenvalue weighted by molar-refractivity contribution is 7.89. The number of esters is 1. The molecule has 2 saturated heterocycles. The smallest absolute Gasteiger partial charge is 0.309 e. The van der Waals surface area contributed by atoms with Crippen LogP contribution in [0.2, 0.25) is 0 Å². The van der Waals surface area contributed by atoms with Crippen molar-refractivity contribution in [3.05, 3.63) is 24.3 Å². The number of rotatable bonds is 6. The van der Waals surface area contributed by atoms with Gasteiger partial charge in [0.05, 0.1) is 17.9 Å². The molecule has 1 aromatic rings. The molecular weight excluding hydrogens is 420 g/mol. The van der Waals surface area contributed by atoms with Gasteiger partial charge in [0.2, 0.25) is 10.0 Å². The normalized spacial score (nSPS) is 20.0. The first-order valence-electron chi connectivity index (χ1n) is 11.0. The van der Waals surface area contributed by atoms with Crippen LogP contribution in [-0.4, -0.2) is 68.9 Å². The van der Waals surface area contributed by atoms with Gasteiger partial charge >= 0.3 is 5.97 Å². The van der Waals surface area contributed by atoms with Gasteiger partial charge in [0, 0.05) is 26.2 Å². The van der Waals surface area contributed by atoms with Crippen molar-refractivity contribution in [1.82, 2.24) is 9.21 Å². The minimum Gasteiger partial charge on any atom is -0.497 e. The number of sulfonamides is 1. The number of ether oxygens (including phenoxy) is 2. The Hall–Kier alpha value is -2.13. The molecule has 2 heterocycles. The average molecular weight is 453 g/mol. The fourth-order valence-electron chi connectivity index (χ4n) is 4.10. The molecule has 0 bridgehead atoms. The highest BCUT2D eigenvalue weighted by atomic mass is 32.2. The zero-order valence-corrected chi connectivity index (χ0v) is 19.1. The zero-order valence-electron chi connectivity index (χ0n) is 18.3.